The molecule has 0 unspecified atom stereocenters. The number of carbonyl (C=O) groups excluding carboxylic acids is 2. The highest BCUT2D eigenvalue weighted by atomic mass is 35.5. The zero-order valence-electron chi connectivity index (χ0n) is 12.6. The lowest BCUT2D eigenvalue weighted by atomic mass is 10.1. The summed E-state index contributed by atoms with van der Waals surface area (Å²) in [5.74, 6) is -0.235. The molecule has 6 nitrogen and oxygen atoms in total. The normalized spacial score (nSPS) is 15.2. The molecule has 1 N–H and O–H groups in total. The second kappa shape index (κ2) is 7.25. The van der Waals surface area contributed by atoms with Crippen LogP contribution in [-0.4, -0.2) is 52.7 Å². The molecule has 0 atom stereocenters. The van der Waals surface area contributed by atoms with Crippen molar-refractivity contribution in [3.05, 3.63) is 46.3 Å². The first-order valence-electron chi connectivity index (χ1n) is 7.32. The largest absolute Gasteiger partial charge is 0.354 e. The Hall–Kier alpha value is -2.02. The van der Waals surface area contributed by atoms with Crippen molar-refractivity contribution in [1.29, 1.82) is 0 Å². The van der Waals surface area contributed by atoms with Crippen LogP contribution in [0.25, 0.3) is 11.3 Å². The molecule has 0 spiro atoms. The average molecular weight is 365 g/mol. The van der Waals surface area contributed by atoms with Crippen molar-refractivity contribution in [3.63, 3.8) is 0 Å². The van der Waals surface area contributed by atoms with Gasteiger partial charge in [0.2, 0.25) is 5.91 Å². The maximum Gasteiger partial charge on any atom is 0.234 e. The van der Waals surface area contributed by atoms with Gasteiger partial charge in [-0.1, -0.05) is 29.3 Å². The van der Waals surface area contributed by atoms with Crippen molar-refractivity contribution < 1.29 is 9.59 Å². The number of hydrogen-bond acceptors (Lipinski definition) is 5. The molecule has 2 heterocycles. The van der Waals surface area contributed by atoms with Crippen LogP contribution in [0.1, 0.15) is 10.5 Å². The van der Waals surface area contributed by atoms with E-state index in [-0.39, 0.29) is 24.8 Å². The van der Waals surface area contributed by atoms with E-state index in [1.54, 1.807) is 29.2 Å². The second-order valence-electron chi connectivity index (χ2n) is 5.40. The molecule has 1 aromatic carbocycles. The Labute approximate surface area is 148 Å². The lowest BCUT2D eigenvalue weighted by Gasteiger charge is -2.25. The van der Waals surface area contributed by atoms with Gasteiger partial charge in [0, 0.05) is 18.7 Å². The maximum absolute atomic E-state index is 12.4. The molecule has 2 aromatic rings. The summed E-state index contributed by atoms with van der Waals surface area (Å²) in [6.45, 7) is 1.55. The fourth-order valence-electron chi connectivity index (χ4n) is 2.43. The highest BCUT2D eigenvalue weighted by Crippen LogP contribution is 2.27. The molecule has 1 fully saturated rings. The Balaban J connectivity index is 1.78. The Morgan fingerprint density at radius 2 is 2.04 bits per heavy atom. The number of nitrogens with zero attached hydrogens (tertiary/aromatic N) is 3. The zero-order chi connectivity index (χ0) is 17.1. The van der Waals surface area contributed by atoms with Gasteiger partial charge in [-0.2, -0.15) is 0 Å². The fraction of sp³-hybridized carbons (Fsp3) is 0.250. The van der Waals surface area contributed by atoms with Crippen LogP contribution in [0.3, 0.4) is 0 Å². The number of piperazine rings is 1. The van der Waals surface area contributed by atoms with Crippen molar-refractivity contribution in [2.45, 2.75) is 0 Å². The van der Waals surface area contributed by atoms with E-state index >= 15 is 0 Å². The number of benzene rings is 1. The highest BCUT2D eigenvalue weighted by molar-refractivity contribution is 6.42. The van der Waals surface area contributed by atoms with Crippen LogP contribution in [0.2, 0.25) is 10.0 Å². The van der Waals surface area contributed by atoms with E-state index in [0.717, 1.165) is 5.56 Å². The third-order valence-corrected chi connectivity index (χ3v) is 4.39. The molecule has 0 saturated carbocycles. The highest BCUT2D eigenvalue weighted by Gasteiger charge is 2.20. The Kier molecular flexibility index (Phi) is 5.08. The summed E-state index contributed by atoms with van der Waals surface area (Å²) in [6, 6.07) is 6.76. The first kappa shape index (κ1) is 16.8. The number of Topliss-reactive ketones (excluding diaryl/α,β-unsaturated/α-hetero) is 1. The van der Waals surface area contributed by atoms with E-state index in [1.807, 2.05) is 0 Å². The predicted octanol–water partition coefficient (Wildman–Crippen LogP) is 2.06. The summed E-state index contributed by atoms with van der Waals surface area (Å²) in [5.41, 5.74) is 1.64. The van der Waals surface area contributed by atoms with E-state index in [0.29, 0.717) is 34.5 Å². The van der Waals surface area contributed by atoms with E-state index in [9.17, 15) is 9.59 Å². The van der Waals surface area contributed by atoms with Gasteiger partial charge in [0.25, 0.3) is 0 Å². The van der Waals surface area contributed by atoms with Crippen molar-refractivity contribution >= 4 is 34.9 Å². The van der Waals surface area contributed by atoms with Crippen molar-refractivity contribution in [2.24, 2.45) is 0 Å². The van der Waals surface area contributed by atoms with Crippen molar-refractivity contribution in [1.82, 2.24) is 20.2 Å². The van der Waals surface area contributed by atoms with Gasteiger partial charge in [0.15, 0.2) is 5.78 Å². The van der Waals surface area contributed by atoms with Gasteiger partial charge >= 0.3 is 0 Å². The molecule has 1 amide bonds. The van der Waals surface area contributed by atoms with Crippen LogP contribution in [0.4, 0.5) is 0 Å². The van der Waals surface area contributed by atoms with Gasteiger partial charge in [-0.25, -0.2) is 9.97 Å². The van der Waals surface area contributed by atoms with E-state index < -0.39 is 0 Å². The van der Waals surface area contributed by atoms with Crippen LogP contribution in [0.15, 0.2) is 30.6 Å². The minimum Gasteiger partial charge on any atom is -0.354 e. The van der Waals surface area contributed by atoms with Crippen LogP contribution in [0, 0.1) is 0 Å². The number of halogens is 2. The maximum atomic E-state index is 12.4. The third kappa shape index (κ3) is 3.90. The number of aromatic nitrogens is 2. The van der Waals surface area contributed by atoms with Crippen LogP contribution in [0.5, 0.6) is 0 Å². The lowest BCUT2D eigenvalue weighted by Crippen LogP contribution is -2.49. The smallest absolute Gasteiger partial charge is 0.234 e. The molecule has 3 rings (SSSR count). The van der Waals surface area contributed by atoms with E-state index in [4.69, 9.17) is 23.2 Å². The molecule has 124 valence electrons. The van der Waals surface area contributed by atoms with E-state index in [1.165, 1.54) is 6.33 Å². The molecule has 0 bridgehead atoms. The van der Waals surface area contributed by atoms with Crippen molar-refractivity contribution in [3.8, 4) is 11.3 Å². The minimum atomic E-state index is -0.159. The molecule has 0 aliphatic carbocycles. The molecule has 1 aliphatic heterocycles. The Morgan fingerprint density at radius 3 is 2.79 bits per heavy atom. The third-order valence-electron chi connectivity index (χ3n) is 3.65. The van der Waals surface area contributed by atoms with E-state index in [2.05, 4.69) is 15.3 Å². The topological polar surface area (TPSA) is 75.2 Å². The standard InChI is InChI=1S/C16H14Cl2N4O2/c17-11-2-1-10(5-12(11)18)13-6-14(21-9-20-13)15(23)7-22-4-3-19-16(24)8-22/h1-2,5-6,9H,3-4,7-8H2,(H,19,24). The summed E-state index contributed by atoms with van der Waals surface area (Å²) in [7, 11) is 0. The molecule has 1 saturated heterocycles. The van der Waals surface area contributed by atoms with Crippen molar-refractivity contribution in [2.75, 3.05) is 26.2 Å². The molecule has 24 heavy (non-hydrogen) atoms. The number of carbonyl (C=O) groups is 2. The molecule has 1 aliphatic rings. The second-order valence-corrected chi connectivity index (χ2v) is 6.22. The fourth-order valence-corrected chi connectivity index (χ4v) is 2.73. The van der Waals surface area contributed by atoms with Gasteiger partial charge in [-0.3, -0.25) is 14.5 Å². The lowest BCUT2D eigenvalue weighted by molar-refractivity contribution is -0.123. The summed E-state index contributed by atoms with van der Waals surface area (Å²) in [6.07, 6.45) is 1.34. The first-order chi connectivity index (χ1) is 11.5. The van der Waals surface area contributed by atoms with Crippen LogP contribution in [-0.2, 0) is 4.79 Å². The number of ketones is 1. The predicted molar refractivity (Wildman–Crippen MR) is 91.3 cm³/mol. The number of nitrogens with one attached hydrogen (secondary N) is 1. The number of hydrogen-bond donors (Lipinski definition) is 1. The Bertz CT molecular complexity index is 797. The monoisotopic (exact) mass is 364 g/mol. The summed E-state index contributed by atoms with van der Waals surface area (Å²) >= 11 is 11.9. The quantitative estimate of drug-likeness (QED) is 0.840. The summed E-state index contributed by atoms with van der Waals surface area (Å²) < 4.78 is 0. The first-order valence-corrected chi connectivity index (χ1v) is 8.08. The van der Waals surface area contributed by atoms with Gasteiger partial charge < -0.3 is 5.32 Å². The van der Waals surface area contributed by atoms with Gasteiger partial charge in [0.1, 0.15) is 12.0 Å². The van der Waals surface area contributed by atoms with Crippen LogP contribution >= 0.6 is 23.2 Å². The number of rotatable bonds is 4. The minimum absolute atomic E-state index is 0.0757. The van der Waals surface area contributed by atoms with Crippen LogP contribution < -0.4 is 5.32 Å². The SMILES string of the molecule is O=C1CN(CC(=O)c2cc(-c3ccc(Cl)c(Cl)c3)ncn2)CCN1. The molecule has 0 radical (unpaired) electrons. The molecule has 8 heteroatoms. The zero-order valence-corrected chi connectivity index (χ0v) is 14.1. The van der Waals surface area contributed by atoms with Gasteiger partial charge in [0.05, 0.1) is 28.8 Å². The van der Waals surface area contributed by atoms with Gasteiger partial charge in [-0.05, 0) is 18.2 Å². The molecular formula is C16H14Cl2N4O2. The molecular weight excluding hydrogens is 351 g/mol. The Morgan fingerprint density at radius 1 is 1.21 bits per heavy atom. The molecule has 1 aromatic heterocycles. The summed E-state index contributed by atoms with van der Waals surface area (Å²) in [5, 5.41) is 3.59. The van der Waals surface area contributed by atoms with Gasteiger partial charge in [-0.15, -0.1) is 0 Å². The number of amides is 1. The average Bonchev–Trinajstić information content (AvgIpc) is 2.57. The summed E-state index contributed by atoms with van der Waals surface area (Å²) in [4.78, 5) is 33.8.